The molecule has 0 bridgehead atoms. The predicted octanol–water partition coefficient (Wildman–Crippen LogP) is 15.8. The van der Waals surface area contributed by atoms with Gasteiger partial charge < -0.3 is 147 Å². The van der Waals surface area contributed by atoms with Gasteiger partial charge in [-0.05, 0) is 238 Å². The summed E-state index contributed by atoms with van der Waals surface area (Å²) < 4.78 is 53.5. The van der Waals surface area contributed by atoms with Gasteiger partial charge >= 0.3 is 23.9 Å². The van der Waals surface area contributed by atoms with Crippen LogP contribution >= 0.6 is 0 Å². The Morgan fingerprint density at radius 1 is 0.273 bits per heavy atom. The third kappa shape index (κ3) is 42.9. The molecule has 5 heterocycles. The summed E-state index contributed by atoms with van der Waals surface area (Å²) in [6.07, 6.45) is 32.9. The molecule has 0 saturated heterocycles. The van der Waals surface area contributed by atoms with Crippen molar-refractivity contribution in [3.63, 3.8) is 0 Å². The summed E-state index contributed by atoms with van der Waals surface area (Å²) in [7, 11) is 21.1. The van der Waals surface area contributed by atoms with E-state index in [4.69, 9.17) is 33.2 Å². The number of fused-ring (bicyclic) bond motifs is 4. The molecular formula is C127H162I4N8O11. The quantitative estimate of drug-likeness (QED) is 0.00893. The van der Waals surface area contributed by atoms with Gasteiger partial charge in [0, 0.05) is 93.7 Å². The number of unbranched alkanes of at least 4 members (excludes halogenated alkanes) is 19. The molecule has 0 aliphatic rings. The fourth-order valence-electron chi connectivity index (χ4n) is 18.4. The highest BCUT2D eigenvalue weighted by molar-refractivity contribution is 5.89. The third-order valence-corrected chi connectivity index (χ3v) is 26.9. The second kappa shape index (κ2) is 65.9. The Balaban J connectivity index is 0.000000242. The molecule has 23 heteroatoms. The Bertz CT molecular complexity index is 6490. The Morgan fingerprint density at radius 3 is 0.920 bits per heavy atom. The van der Waals surface area contributed by atoms with Crippen LogP contribution in [0.25, 0.3) is 43.6 Å². The van der Waals surface area contributed by atoms with E-state index in [1.165, 1.54) is 171 Å². The maximum Gasteiger partial charge on any atom is 0.344 e. The summed E-state index contributed by atoms with van der Waals surface area (Å²) in [5.41, 5.74) is 19.8. The van der Waals surface area contributed by atoms with Crippen molar-refractivity contribution in [2.24, 2.45) is 7.05 Å². The van der Waals surface area contributed by atoms with Crippen LogP contribution in [0.15, 0.2) is 298 Å². The molecule has 0 unspecified atom stereocenters. The number of pyridine rings is 1. The lowest BCUT2D eigenvalue weighted by Crippen LogP contribution is -3.00. The Hall–Kier alpha value is -10.4. The molecule has 150 heavy (non-hydrogen) atoms. The standard InChI is InChI=1S/C36H47N2O3.C34H43N2O3.C30H35N2O3.C27H37N2O2.4HI/c1-29-25-32-27-34(41-28-31-15-11-10-12-16-31)21-22-35(32)37(29)23-13-8-6-5-7-9-14-24-40-36(39)26-30-17-19-33(20-18-30)38(2,3)4;1-36(2,3)31-17-15-28(16-18-31)25-34(37)38-24-12-7-5-4-6-11-22-35-23-21-30-26-32(19-20-33(30)35)39-27-29-13-9-8-10-14-29;1-24-20-27-21-28(35-23-25-12-7-6-8-13-25)15-16-29(27)32(24)18-9-4-3-5-10-19-34-30(33)26-14-11-17-31(2)22-26;1-22-20-24-12-8-9-13-26(24)28(22)18-10-6-5-7-11-19-31-27(30)21-23-14-16-25(17-15-23)29(2,3)4;;;;/h10-12,15-22,25,27H,5-9,13-14,23-24,26,28H2,1-4H3;8-10,13-21,23,26H,4-7,11-12,22,24-25,27H2,1-3H3;6-8,11-17,20-22H,3-5,9-10,18-19,23H2,1-2H3;8-9,12-17,20H,5-7,10-11,18-19,21H2,1-4H3;4*1H/q4*+1;;;;/p-4. The minimum Gasteiger partial charge on any atom is -1.00 e. The first-order valence-corrected chi connectivity index (χ1v) is 53.3. The van der Waals surface area contributed by atoms with Crippen molar-refractivity contribution in [2.45, 2.75) is 234 Å². The van der Waals surface area contributed by atoms with Crippen LogP contribution in [-0.4, -0.2) is 132 Å². The highest BCUT2D eigenvalue weighted by atomic mass is 127. The second-order valence-electron chi connectivity index (χ2n) is 41.6. The molecular weight excluding hydrogens is 2320 g/mol. The van der Waals surface area contributed by atoms with E-state index in [0.29, 0.717) is 71.1 Å². The van der Waals surface area contributed by atoms with Crippen LogP contribution in [0.5, 0.6) is 17.2 Å². The minimum atomic E-state index is -0.246. The summed E-state index contributed by atoms with van der Waals surface area (Å²) in [6.45, 7) is 14.5. The summed E-state index contributed by atoms with van der Waals surface area (Å²) in [5.74, 6) is 2.08. The van der Waals surface area contributed by atoms with Crippen LogP contribution in [-0.2, 0) is 106 Å². The maximum absolute atomic E-state index is 12.2. The molecule has 15 rings (SSSR count). The molecule has 10 aromatic carbocycles. The van der Waals surface area contributed by atoms with E-state index >= 15 is 0 Å². The lowest BCUT2D eigenvalue weighted by atomic mass is 10.1. The van der Waals surface area contributed by atoms with Gasteiger partial charge in [0.25, 0.3) is 0 Å². The predicted molar refractivity (Wildman–Crippen MR) is 600 cm³/mol. The molecule has 804 valence electrons. The number of aromatic nitrogens is 5. The lowest BCUT2D eigenvalue weighted by Gasteiger charge is -2.23. The molecule has 5 aromatic heterocycles. The zero-order valence-corrected chi connectivity index (χ0v) is 99.7. The van der Waals surface area contributed by atoms with Crippen molar-refractivity contribution in [2.75, 3.05) is 89.9 Å². The zero-order valence-electron chi connectivity index (χ0n) is 91.0. The lowest BCUT2D eigenvalue weighted by molar-refractivity contribution is -0.671. The topological polar surface area (TPSA) is 156 Å². The van der Waals surface area contributed by atoms with Gasteiger partial charge in [-0.25, -0.2) is 9.36 Å². The van der Waals surface area contributed by atoms with E-state index in [-0.39, 0.29) is 120 Å². The zero-order chi connectivity index (χ0) is 103. The summed E-state index contributed by atoms with van der Waals surface area (Å²) in [5, 5.41) is 5.01. The first-order chi connectivity index (χ1) is 70.6. The van der Waals surface area contributed by atoms with Crippen molar-refractivity contribution < 1.29 is 153 Å². The number of hydrogen-bond donors (Lipinski definition) is 0. The molecule has 19 nitrogen and oxygen atoms in total. The van der Waals surface area contributed by atoms with E-state index < -0.39 is 0 Å². The first kappa shape index (κ1) is 125. The fraction of sp³-hybridized carbons (Fsp3) is 0.394. The van der Waals surface area contributed by atoms with Crippen LogP contribution in [0.2, 0.25) is 0 Å². The second-order valence-corrected chi connectivity index (χ2v) is 41.6. The van der Waals surface area contributed by atoms with Crippen molar-refractivity contribution in [1.29, 1.82) is 0 Å². The molecule has 0 fully saturated rings. The monoisotopic (exact) mass is 2480 g/mol. The SMILES string of the molecule is C[N+](C)(C)c1ccc(CC(=O)OCCCCCCCCn2ccc3cc(OCc4ccccc4)ccc32)cc1.Cc1cc2cc(OCc3ccccc3)ccc2n1CCCCCCCCCOC(=O)Cc1ccc([N+](C)(C)C)cc1.Cc1cc2cc(OCc3ccccc3)ccc2n1CCCCCCCOC(=O)c1ccc[n+](C)c1.Cc1cc2ccccc2n1CCCCCCCOC(=O)Cc1ccc([N+](C)(C)C)cc1.[I-].[I-].[I-].[I-]. The van der Waals surface area contributed by atoms with Crippen molar-refractivity contribution in [1.82, 2.24) is 31.7 Å². The number of aryl methyl sites for hydroxylation is 8. The van der Waals surface area contributed by atoms with Gasteiger partial charge in [-0.3, -0.25) is 27.8 Å². The van der Waals surface area contributed by atoms with Gasteiger partial charge in [0.2, 0.25) is 0 Å². The minimum absolute atomic E-state index is 0. The molecule has 0 aliphatic heterocycles. The number of ether oxygens (including phenoxy) is 7. The van der Waals surface area contributed by atoms with E-state index in [0.717, 1.165) is 144 Å². The number of para-hydroxylation sites is 1. The first-order valence-electron chi connectivity index (χ1n) is 53.3. The van der Waals surface area contributed by atoms with E-state index in [2.05, 4.69) is 285 Å². The van der Waals surface area contributed by atoms with Crippen LogP contribution in [0.3, 0.4) is 0 Å². The van der Waals surface area contributed by atoms with Gasteiger partial charge in [-0.2, -0.15) is 0 Å². The van der Waals surface area contributed by atoms with Gasteiger partial charge in [-0.15, -0.1) is 0 Å². The van der Waals surface area contributed by atoms with Gasteiger partial charge in [0.05, 0.1) is 109 Å². The van der Waals surface area contributed by atoms with Crippen molar-refractivity contribution in [3.8, 4) is 17.2 Å². The number of hydrogen-bond acceptors (Lipinski definition) is 11. The molecule has 0 atom stereocenters. The van der Waals surface area contributed by atoms with Gasteiger partial charge in [-0.1, -0.05) is 242 Å². The number of quaternary nitrogens is 3. The highest BCUT2D eigenvalue weighted by Gasteiger charge is 2.20. The average Bonchev–Trinajstić information content (AvgIpc) is 1.65. The number of halogens is 4. The third-order valence-electron chi connectivity index (χ3n) is 26.9. The van der Waals surface area contributed by atoms with Crippen LogP contribution in [0, 0.1) is 20.8 Å². The van der Waals surface area contributed by atoms with Gasteiger partial charge in [0.15, 0.2) is 12.4 Å². The normalized spacial score (nSPS) is 11.2. The number of esters is 4. The number of benzene rings is 10. The number of carbonyl (C=O) groups excluding carboxylic acids is 4. The molecule has 0 saturated carbocycles. The summed E-state index contributed by atoms with van der Waals surface area (Å²) in [4.78, 5) is 48.5. The van der Waals surface area contributed by atoms with E-state index in [1.807, 2.05) is 115 Å². The average molecular weight is 2480 g/mol. The maximum atomic E-state index is 12.2. The van der Waals surface area contributed by atoms with Crippen LogP contribution in [0.4, 0.5) is 17.1 Å². The molecule has 0 spiro atoms. The Labute approximate surface area is 961 Å². The Kier molecular flexibility index (Phi) is 54.8. The Morgan fingerprint density at radius 2 is 0.567 bits per heavy atom. The molecule has 0 aliphatic carbocycles. The molecule has 0 radical (unpaired) electrons. The molecule has 0 N–H and O–H groups in total. The molecule has 15 aromatic rings. The van der Waals surface area contributed by atoms with Crippen LogP contribution < -0.4 is 128 Å². The molecule has 0 amide bonds. The number of rotatable bonds is 54. The number of nitrogens with zero attached hydrogens (tertiary/aromatic N) is 8. The van der Waals surface area contributed by atoms with Gasteiger partial charge in [0.1, 0.15) is 66.7 Å². The van der Waals surface area contributed by atoms with E-state index in [9.17, 15) is 19.2 Å². The van der Waals surface area contributed by atoms with Crippen molar-refractivity contribution >= 4 is 84.6 Å². The van der Waals surface area contributed by atoms with Crippen LogP contribution in [0.1, 0.15) is 208 Å². The number of carbonyl (C=O) groups is 4. The largest absolute Gasteiger partial charge is 1.00 e. The smallest absolute Gasteiger partial charge is 0.344 e. The summed E-state index contributed by atoms with van der Waals surface area (Å²) >= 11 is 0. The summed E-state index contributed by atoms with van der Waals surface area (Å²) in [6, 6.07) is 95.8. The fourth-order valence-corrected chi connectivity index (χ4v) is 18.4. The highest BCUT2D eigenvalue weighted by Crippen LogP contribution is 2.32. The van der Waals surface area contributed by atoms with Crippen molar-refractivity contribution in [3.05, 3.63) is 354 Å². The van der Waals surface area contributed by atoms with E-state index in [1.54, 1.807) is 12.3 Å².